The van der Waals surface area contributed by atoms with Gasteiger partial charge in [-0.3, -0.25) is 14.5 Å². The van der Waals surface area contributed by atoms with E-state index >= 15 is 0 Å². The lowest BCUT2D eigenvalue weighted by Gasteiger charge is -2.16. The van der Waals surface area contributed by atoms with Crippen molar-refractivity contribution in [1.82, 2.24) is 14.9 Å². The average molecular weight is 495 g/mol. The van der Waals surface area contributed by atoms with Crippen LogP contribution < -0.4 is 16.0 Å². The SMILES string of the molecule is CN1CCN(c2ccc(CC(=O)Nc3cnc4[nH]cc(C=C(C(N)=O)c5ccccc5)c4c3)cc2)C1=O. The fourth-order valence-electron chi connectivity index (χ4n) is 4.35. The Bertz CT molecular complexity index is 1510. The zero-order valence-electron chi connectivity index (χ0n) is 20.3. The molecule has 37 heavy (non-hydrogen) atoms. The van der Waals surface area contributed by atoms with Crippen LogP contribution in [0.5, 0.6) is 0 Å². The van der Waals surface area contributed by atoms with Crippen molar-refractivity contribution in [3.05, 3.63) is 89.7 Å². The van der Waals surface area contributed by atoms with Crippen molar-refractivity contribution in [2.75, 3.05) is 30.4 Å². The second-order valence-corrected chi connectivity index (χ2v) is 8.90. The lowest BCUT2D eigenvalue weighted by atomic mass is 10.0. The minimum atomic E-state index is -0.537. The van der Waals surface area contributed by atoms with Gasteiger partial charge in [0.05, 0.1) is 18.3 Å². The molecule has 3 heterocycles. The minimum Gasteiger partial charge on any atom is -0.366 e. The maximum atomic E-state index is 12.7. The highest BCUT2D eigenvalue weighted by molar-refractivity contribution is 6.24. The first-order chi connectivity index (χ1) is 17.9. The molecule has 0 bridgehead atoms. The molecule has 0 atom stereocenters. The van der Waals surface area contributed by atoms with Gasteiger partial charge in [0.15, 0.2) is 0 Å². The van der Waals surface area contributed by atoms with Gasteiger partial charge >= 0.3 is 6.03 Å². The molecule has 0 saturated carbocycles. The summed E-state index contributed by atoms with van der Waals surface area (Å²) in [4.78, 5) is 47.9. The normalized spacial score (nSPS) is 13.9. The number of benzene rings is 2. The molecule has 1 fully saturated rings. The number of carbonyl (C=O) groups excluding carboxylic acids is 3. The van der Waals surface area contributed by atoms with Gasteiger partial charge in [-0.15, -0.1) is 0 Å². The van der Waals surface area contributed by atoms with E-state index in [1.54, 1.807) is 35.3 Å². The largest absolute Gasteiger partial charge is 0.366 e. The number of likely N-dealkylation sites (N-methyl/N-ethyl adjacent to an activating group) is 1. The van der Waals surface area contributed by atoms with Crippen molar-refractivity contribution in [2.24, 2.45) is 5.73 Å². The van der Waals surface area contributed by atoms with E-state index in [1.807, 2.05) is 60.7 Å². The molecule has 9 heteroatoms. The monoisotopic (exact) mass is 494 g/mol. The summed E-state index contributed by atoms with van der Waals surface area (Å²) in [7, 11) is 1.78. The van der Waals surface area contributed by atoms with Gasteiger partial charge < -0.3 is 20.9 Å². The fraction of sp³-hybridized carbons (Fsp3) is 0.143. The van der Waals surface area contributed by atoms with Gasteiger partial charge in [0.2, 0.25) is 11.8 Å². The van der Waals surface area contributed by atoms with E-state index in [-0.39, 0.29) is 18.4 Å². The van der Waals surface area contributed by atoms with Gasteiger partial charge in [0.1, 0.15) is 5.65 Å². The van der Waals surface area contributed by atoms with Crippen LogP contribution in [0.15, 0.2) is 73.1 Å². The number of H-pyrrole nitrogens is 1. The predicted octanol–water partition coefficient (Wildman–Crippen LogP) is 3.64. The van der Waals surface area contributed by atoms with Crippen LogP contribution in [-0.4, -0.2) is 52.9 Å². The number of rotatable bonds is 7. The van der Waals surface area contributed by atoms with Crippen molar-refractivity contribution in [2.45, 2.75) is 6.42 Å². The van der Waals surface area contributed by atoms with E-state index in [1.165, 1.54) is 0 Å². The maximum absolute atomic E-state index is 12.7. The fourth-order valence-corrected chi connectivity index (χ4v) is 4.35. The number of carbonyl (C=O) groups is 3. The Balaban J connectivity index is 1.31. The Morgan fingerprint density at radius 1 is 1.11 bits per heavy atom. The number of amides is 4. The molecule has 0 aliphatic carbocycles. The Hall–Kier alpha value is -4.92. The number of nitrogens with zero attached hydrogens (tertiary/aromatic N) is 3. The summed E-state index contributed by atoms with van der Waals surface area (Å²) in [6.45, 7) is 1.34. The van der Waals surface area contributed by atoms with E-state index in [0.717, 1.165) is 22.2 Å². The second kappa shape index (κ2) is 9.98. The van der Waals surface area contributed by atoms with Crippen LogP contribution in [-0.2, 0) is 16.0 Å². The molecule has 4 aromatic rings. The van der Waals surface area contributed by atoms with E-state index in [4.69, 9.17) is 5.73 Å². The van der Waals surface area contributed by atoms with Crippen LogP contribution in [0.2, 0.25) is 0 Å². The molecule has 0 spiro atoms. The molecular weight excluding hydrogens is 468 g/mol. The number of hydrogen-bond donors (Lipinski definition) is 3. The molecule has 1 saturated heterocycles. The Kier molecular flexibility index (Phi) is 6.42. The van der Waals surface area contributed by atoms with Gasteiger partial charge in [0, 0.05) is 48.5 Å². The highest BCUT2D eigenvalue weighted by Gasteiger charge is 2.26. The smallest absolute Gasteiger partial charge is 0.324 e. The van der Waals surface area contributed by atoms with Gasteiger partial charge in [-0.25, -0.2) is 9.78 Å². The van der Waals surface area contributed by atoms with Crippen molar-refractivity contribution in [3.63, 3.8) is 0 Å². The Morgan fingerprint density at radius 2 is 1.86 bits per heavy atom. The molecule has 4 N–H and O–H groups in total. The van der Waals surface area contributed by atoms with E-state index in [0.29, 0.717) is 35.6 Å². The number of aromatic nitrogens is 2. The first kappa shape index (κ1) is 23.8. The van der Waals surface area contributed by atoms with Gasteiger partial charge in [-0.1, -0.05) is 42.5 Å². The van der Waals surface area contributed by atoms with E-state index in [9.17, 15) is 14.4 Å². The van der Waals surface area contributed by atoms with Crippen molar-refractivity contribution in [1.29, 1.82) is 0 Å². The van der Waals surface area contributed by atoms with Crippen LogP contribution >= 0.6 is 0 Å². The first-order valence-electron chi connectivity index (χ1n) is 11.8. The van der Waals surface area contributed by atoms with Crippen LogP contribution in [0.3, 0.4) is 0 Å². The lowest BCUT2D eigenvalue weighted by Crippen LogP contribution is -2.29. The Labute approximate surface area is 213 Å². The molecule has 0 unspecified atom stereocenters. The van der Waals surface area contributed by atoms with Gasteiger partial charge in [-0.2, -0.15) is 0 Å². The van der Waals surface area contributed by atoms with Crippen molar-refractivity contribution in [3.8, 4) is 0 Å². The summed E-state index contributed by atoms with van der Waals surface area (Å²) in [5, 5.41) is 3.64. The Morgan fingerprint density at radius 3 is 2.54 bits per heavy atom. The van der Waals surface area contributed by atoms with Gasteiger partial charge in [0.25, 0.3) is 0 Å². The van der Waals surface area contributed by atoms with Crippen LogP contribution in [0.4, 0.5) is 16.2 Å². The molecule has 5 rings (SSSR count). The van der Waals surface area contributed by atoms with Gasteiger partial charge in [-0.05, 0) is 35.4 Å². The number of urea groups is 1. The predicted molar refractivity (Wildman–Crippen MR) is 144 cm³/mol. The topological polar surface area (TPSA) is 124 Å². The summed E-state index contributed by atoms with van der Waals surface area (Å²) < 4.78 is 0. The molecule has 9 nitrogen and oxygen atoms in total. The van der Waals surface area contributed by atoms with E-state index in [2.05, 4.69) is 15.3 Å². The number of nitrogens with one attached hydrogen (secondary N) is 2. The number of hydrogen-bond acceptors (Lipinski definition) is 4. The summed E-state index contributed by atoms with van der Waals surface area (Å²) in [5.74, 6) is -0.731. The maximum Gasteiger partial charge on any atom is 0.324 e. The number of aromatic amines is 1. The first-order valence-corrected chi connectivity index (χ1v) is 11.8. The summed E-state index contributed by atoms with van der Waals surface area (Å²) in [6, 6.07) is 18.4. The molecule has 1 aliphatic heterocycles. The average Bonchev–Trinajstić information content (AvgIpc) is 3.45. The summed E-state index contributed by atoms with van der Waals surface area (Å²) in [5.41, 5.74) is 10.3. The third-order valence-corrected chi connectivity index (χ3v) is 6.33. The van der Waals surface area contributed by atoms with Crippen LogP contribution in [0.25, 0.3) is 22.7 Å². The minimum absolute atomic E-state index is 0.0286. The number of anilines is 2. The number of pyridine rings is 1. The van der Waals surface area contributed by atoms with Crippen molar-refractivity contribution >= 4 is 51.9 Å². The standard InChI is InChI=1S/C28H26N6O3/c1-33-11-12-34(28(33)37)22-9-7-18(8-10-22)13-25(35)32-21-15-24-20(16-30-27(24)31-17-21)14-23(26(29)36)19-5-3-2-4-6-19/h2-10,14-17H,11-13H2,1H3,(H2,29,36)(H,30,31)(H,32,35). The highest BCUT2D eigenvalue weighted by Crippen LogP contribution is 2.26. The van der Waals surface area contributed by atoms with Crippen LogP contribution in [0.1, 0.15) is 16.7 Å². The second-order valence-electron chi connectivity index (χ2n) is 8.90. The van der Waals surface area contributed by atoms with Crippen LogP contribution in [0, 0.1) is 0 Å². The quantitative estimate of drug-likeness (QED) is 0.339. The number of fused-ring (bicyclic) bond motifs is 1. The molecule has 0 radical (unpaired) electrons. The molecule has 2 aromatic carbocycles. The third-order valence-electron chi connectivity index (χ3n) is 6.33. The highest BCUT2D eigenvalue weighted by atomic mass is 16.2. The number of primary amides is 1. The molecule has 186 valence electrons. The molecule has 1 aliphatic rings. The third kappa shape index (κ3) is 5.06. The summed E-state index contributed by atoms with van der Waals surface area (Å²) in [6.07, 6.45) is 5.22. The zero-order valence-corrected chi connectivity index (χ0v) is 20.3. The molecular formula is C28H26N6O3. The van der Waals surface area contributed by atoms with Crippen molar-refractivity contribution < 1.29 is 14.4 Å². The number of nitrogens with two attached hydrogens (primary N) is 1. The van der Waals surface area contributed by atoms with E-state index < -0.39 is 5.91 Å². The molecule has 2 aromatic heterocycles. The zero-order chi connectivity index (χ0) is 25.9. The lowest BCUT2D eigenvalue weighted by molar-refractivity contribution is -0.115. The molecule has 4 amide bonds. The summed E-state index contributed by atoms with van der Waals surface area (Å²) >= 11 is 0.